The second-order valence-electron chi connectivity index (χ2n) is 4.91. The number of thiophene rings is 1. The third-order valence-electron chi connectivity index (χ3n) is 2.07. The monoisotopic (exact) mass is 280 g/mol. The zero-order valence-corrected chi connectivity index (χ0v) is 11.1. The van der Waals surface area contributed by atoms with Crippen LogP contribution in [0, 0.1) is 0 Å². The third kappa shape index (κ3) is 3.52. The van der Waals surface area contributed by atoms with Gasteiger partial charge in [0.1, 0.15) is 6.54 Å². The predicted molar refractivity (Wildman–Crippen MR) is 63.7 cm³/mol. The van der Waals surface area contributed by atoms with Crippen molar-refractivity contribution in [1.29, 1.82) is 0 Å². The number of nitrogens with zero attached hydrogens (tertiary/aromatic N) is 2. The van der Waals surface area contributed by atoms with E-state index in [-0.39, 0.29) is 4.88 Å². The van der Waals surface area contributed by atoms with Crippen LogP contribution >= 0.6 is 11.3 Å². The van der Waals surface area contributed by atoms with E-state index in [0.29, 0.717) is 0 Å². The van der Waals surface area contributed by atoms with Gasteiger partial charge in [0.05, 0.1) is 5.54 Å². The van der Waals surface area contributed by atoms with Gasteiger partial charge in [0.25, 0.3) is 0 Å². The minimum Gasteiger partial charge on any atom is -0.374 e. The average Bonchev–Trinajstić information content (AvgIpc) is 2.66. The third-order valence-corrected chi connectivity index (χ3v) is 3.09. The van der Waals surface area contributed by atoms with Crippen LogP contribution in [0.5, 0.6) is 0 Å². The highest BCUT2D eigenvalue weighted by atomic mass is 32.1. The SMILES string of the molecule is CC(C)(C)N=NCC(O)(c1cccs1)C(F)(F)F. The number of azo groups is 1. The summed E-state index contributed by atoms with van der Waals surface area (Å²) in [5.74, 6) is 0. The molecule has 0 aromatic carbocycles. The Morgan fingerprint density at radius 1 is 1.28 bits per heavy atom. The zero-order valence-electron chi connectivity index (χ0n) is 10.3. The van der Waals surface area contributed by atoms with Crippen molar-refractivity contribution in [1.82, 2.24) is 0 Å². The molecule has 1 aromatic heterocycles. The van der Waals surface area contributed by atoms with Crippen molar-refractivity contribution in [3.05, 3.63) is 22.4 Å². The smallest absolute Gasteiger partial charge is 0.374 e. The van der Waals surface area contributed by atoms with Crippen LogP contribution in [-0.4, -0.2) is 23.4 Å². The predicted octanol–water partition coefficient (Wildman–Crippen LogP) is 3.75. The molecule has 0 aliphatic rings. The first kappa shape index (κ1) is 15.1. The highest BCUT2D eigenvalue weighted by molar-refractivity contribution is 7.10. The van der Waals surface area contributed by atoms with Gasteiger partial charge in [-0.25, -0.2) is 0 Å². The topological polar surface area (TPSA) is 45.0 Å². The van der Waals surface area contributed by atoms with Gasteiger partial charge in [0.2, 0.25) is 5.60 Å². The molecule has 0 saturated carbocycles. The summed E-state index contributed by atoms with van der Waals surface area (Å²) in [7, 11) is 0. The van der Waals surface area contributed by atoms with E-state index in [0.717, 1.165) is 11.3 Å². The molecule has 18 heavy (non-hydrogen) atoms. The first-order valence-corrected chi connectivity index (χ1v) is 6.16. The number of hydrogen-bond acceptors (Lipinski definition) is 4. The van der Waals surface area contributed by atoms with E-state index in [1.165, 1.54) is 17.5 Å². The number of aliphatic hydroxyl groups is 1. The Balaban J connectivity index is 2.98. The minimum absolute atomic E-state index is 0.178. The summed E-state index contributed by atoms with van der Waals surface area (Å²) < 4.78 is 38.8. The Hall–Kier alpha value is -0.950. The molecule has 0 aliphatic carbocycles. The maximum absolute atomic E-state index is 12.9. The van der Waals surface area contributed by atoms with Gasteiger partial charge in [-0.15, -0.1) is 11.3 Å². The largest absolute Gasteiger partial charge is 0.424 e. The standard InChI is InChI=1S/C11H15F3N2OS/c1-9(2,3)16-15-7-10(17,11(12,13)14)8-5-4-6-18-8/h4-6,17H,7H2,1-3H3. The molecule has 102 valence electrons. The van der Waals surface area contributed by atoms with Gasteiger partial charge in [0, 0.05) is 4.88 Å². The van der Waals surface area contributed by atoms with Gasteiger partial charge < -0.3 is 5.11 Å². The zero-order chi connectivity index (χ0) is 14.0. The lowest BCUT2D eigenvalue weighted by molar-refractivity contribution is -0.261. The highest BCUT2D eigenvalue weighted by Gasteiger charge is 2.56. The molecule has 0 radical (unpaired) electrons. The van der Waals surface area contributed by atoms with Gasteiger partial charge in [-0.2, -0.15) is 23.4 Å². The van der Waals surface area contributed by atoms with Crippen molar-refractivity contribution in [3.63, 3.8) is 0 Å². The molecule has 0 spiro atoms. The maximum Gasteiger partial charge on any atom is 0.424 e. The summed E-state index contributed by atoms with van der Waals surface area (Å²) in [5.41, 5.74) is -3.53. The Labute approximate surface area is 107 Å². The second kappa shape index (κ2) is 4.97. The molecule has 1 atom stereocenters. The number of hydrogen-bond donors (Lipinski definition) is 1. The molecule has 1 heterocycles. The van der Waals surface area contributed by atoms with Crippen LogP contribution in [0.4, 0.5) is 13.2 Å². The summed E-state index contributed by atoms with van der Waals surface area (Å²) in [6, 6.07) is 2.70. The molecular formula is C11H15F3N2OS. The minimum atomic E-state index is -4.78. The van der Waals surface area contributed by atoms with Gasteiger partial charge in [-0.05, 0) is 32.2 Å². The van der Waals surface area contributed by atoms with E-state index in [1.807, 2.05) is 0 Å². The van der Waals surface area contributed by atoms with Crippen molar-refractivity contribution >= 4 is 11.3 Å². The fourth-order valence-electron chi connectivity index (χ4n) is 1.17. The van der Waals surface area contributed by atoms with Crippen LogP contribution in [0.2, 0.25) is 0 Å². The van der Waals surface area contributed by atoms with Crippen molar-refractivity contribution < 1.29 is 18.3 Å². The van der Waals surface area contributed by atoms with Gasteiger partial charge >= 0.3 is 6.18 Å². The Morgan fingerprint density at radius 2 is 1.89 bits per heavy atom. The maximum atomic E-state index is 12.9. The molecule has 1 aromatic rings. The molecule has 0 saturated heterocycles. The lowest BCUT2D eigenvalue weighted by Crippen LogP contribution is -2.44. The fraction of sp³-hybridized carbons (Fsp3) is 0.636. The van der Waals surface area contributed by atoms with Crippen molar-refractivity contribution in [2.24, 2.45) is 10.2 Å². The molecule has 3 nitrogen and oxygen atoms in total. The molecular weight excluding hydrogens is 265 g/mol. The second-order valence-corrected chi connectivity index (χ2v) is 5.85. The number of rotatable bonds is 3. The van der Waals surface area contributed by atoms with Gasteiger partial charge in [0.15, 0.2) is 0 Å². The number of alkyl halides is 3. The molecule has 1 N–H and O–H groups in total. The van der Waals surface area contributed by atoms with Crippen molar-refractivity contribution in [2.75, 3.05) is 6.54 Å². The molecule has 1 rings (SSSR count). The van der Waals surface area contributed by atoms with E-state index in [9.17, 15) is 18.3 Å². The van der Waals surface area contributed by atoms with E-state index >= 15 is 0 Å². The summed E-state index contributed by atoms with van der Waals surface area (Å²) in [6.07, 6.45) is -4.78. The summed E-state index contributed by atoms with van der Waals surface area (Å²) in [6.45, 7) is 4.32. The van der Waals surface area contributed by atoms with E-state index in [4.69, 9.17) is 0 Å². The lowest BCUT2D eigenvalue weighted by atomic mass is 10.0. The first-order valence-electron chi connectivity index (χ1n) is 5.28. The Bertz CT molecular complexity index is 409. The van der Waals surface area contributed by atoms with Crippen LogP contribution in [0.25, 0.3) is 0 Å². The van der Waals surface area contributed by atoms with Crippen LogP contribution < -0.4 is 0 Å². The summed E-state index contributed by atoms with van der Waals surface area (Å²) >= 11 is 0.843. The van der Waals surface area contributed by atoms with Crippen LogP contribution in [0.3, 0.4) is 0 Å². The molecule has 0 bridgehead atoms. The van der Waals surface area contributed by atoms with Crippen LogP contribution in [0.1, 0.15) is 25.6 Å². The molecule has 7 heteroatoms. The van der Waals surface area contributed by atoms with Crippen molar-refractivity contribution in [2.45, 2.75) is 38.1 Å². The average molecular weight is 280 g/mol. The Morgan fingerprint density at radius 3 is 2.28 bits per heavy atom. The van der Waals surface area contributed by atoms with Crippen LogP contribution in [0.15, 0.2) is 27.7 Å². The fourth-order valence-corrected chi connectivity index (χ4v) is 2.01. The lowest BCUT2D eigenvalue weighted by Gasteiger charge is -2.27. The normalized spacial score (nSPS) is 17.1. The summed E-state index contributed by atoms with van der Waals surface area (Å²) in [4.78, 5) is -0.178. The molecule has 0 amide bonds. The van der Waals surface area contributed by atoms with E-state index in [1.54, 1.807) is 20.8 Å². The van der Waals surface area contributed by atoms with Crippen LogP contribution in [-0.2, 0) is 5.60 Å². The summed E-state index contributed by atoms with van der Waals surface area (Å²) in [5, 5.41) is 18.5. The molecule has 0 fully saturated rings. The quantitative estimate of drug-likeness (QED) is 0.842. The highest BCUT2D eigenvalue weighted by Crippen LogP contribution is 2.41. The van der Waals surface area contributed by atoms with Gasteiger partial charge in [-0.1, -0.05) is 6.07 Å². The van der Waals surface area contributed by atoms with E-state index in [2.05, 4.69) is 10.2 Å². The molecule has 0 aliphatic heterocycles. The number of halogens is 3. The van der Waals surface area contributed by atoms with Crippen molar-refractivity contribution in [3.8, 4) is 0 Å². The Kier molecular flexibility index (Phi) is 4.17. The van der Waals surface area contributed by atoms with E-state index < -0.39 is 23.9 Å². The first-order chi connectivity index (χ1) is 8.06. The molecule has 1 unspecified atom stereocenters. The van der Waals surface area contributed by atoms with Gasteiger partial charge in [-0.3, -0.25) is 0 Å².